The Bertz CT molecular complexity index is 224. The van der Waals surface area contributed by atoms with E-state index in [-0.39, 0.29) is 6.04 Å². The van der Waals surface area contributed by atoms with Gasteiger partial charge in [-0.3, -0.25) is 5.32 Å². The number of carboxylic acid groups (broad SMARTS) is 1. The molecule has 3 nitrogen and oxygen atoms in total. The maximum absolute atomic E-state index is 12.3. The van der Waals surface area contributed by atoms with Crippen LogP contribution in [0.25, 0.3) is 0 Å². The minimum absolute atomic E-state index is 0.303. The summed E-state index contributed by atoms with van der Waals surface area (Å²) in [6.45, 7) is 0.646. The number of nitrogens with one attached hydrogen (secondary N) is 1. The number of hydrogen-bond acceptors (Lipinski definition) is 2. The van der Waals surface area contributed by atoms with E-state index in [1.54, 1.807) is 0 Å². The average Bonchev–Trinajstić information content (AvgIpc) is 2.68. The van der Waals surface area contributed by atoms with E-state index < -0.39 is 17.7 Å². The number of aliphatic carboxylic acids is 1. The second kappa shape index (κ2) is 2.87. The molecule has 0 bridgehead atoms. The minimum atomic E-state index is -4.76. The van der Waals surface area contributed by atoms with E-state index in [0.717, 1.165) is 0 Å². The third-order valence-electron chi connectivity index (χ3n) is 2.06. The Morgan fingerprint density at radius 2 is 1.92 bits per heavy atom. The normalized spacial score (nSPS) is 22.5. The van der Waals surface area contributed by atoms with Crippen molar-refractivity contribution in [2.24, 2.45) is 0 Å². The van der Waals surface area contributed by atoms with E-state index in [4.69, 9.17) is 5.11 Å². The fourth-order valence-corrected chi connectivity index (χ4v) is 0.901. The number of carbonyl (C=O) groups is 1. The SMILES string of the molecule is CC(NC1CC1)(C(=O)O)C(F)(F)F. The van der Waals surface area contributed by atoms with Crippen molar-refractivity contribution in [2.75, 3.05) is 0 Å². The molecule has 0 aliphatic heterocycles. The molecule has 13 heavy (non-hydrogen) atoms. The summed E-state index contributed by atoms with van der Waals surface area (Å²) < 4.78 is 36.9. The van der Waals surface area contributed by atoms with Crippen LogP contribution in [0.1, 0.15) is 19.8 Å². The van der Waals surface area contributed by atoms with E-state index in [1.807, 2.05) is 0 Å². The summed E-state index contributed by atoms with van der Waals surface area (Å²) in [5.74, 6) is -1.88. The molecule has 6 heteroatoms. The van der Waals surface area contributed by atoms with Crippen LogP contribution in [0.2, 0.25) is 0 Å². The smallest absolute Gasteiger partial charge is 0.417 e. The van der Waals surface area contributed by atoms with Gasteiger partial charge in [-0.2, -0.15) is 13.2 Å². The number of alkyl halides is 3. The summed E-state index contributed by atoms with van der Waals surface area (Å²) in [6.07, 6.45) is -3.54. The first kappa shape index (κ1) is 10.3. The Labute approximate surface area is 72.9 Å². The molecule has 0 heterocycles. The maximum atomic E-state index is 12.3. The van der Waals surface area contributed by atoms with Gasteiger partial charge in [0.1, 0.15) is 0 Å². The van der Waals surface area contributed by atoms with Crippen molar-refractivity contribution in [1.82, 2.24) is 5.32 Å². The molecular formula is C7H10F3NO2. The molecule has 0 aromatic rings. The zero-order chi connectivity index (χ0) is 10.3. The molecule has 0 radical (unpaired) electrons. The van der Waals surface area contributed by atoms with Crippen LogP contribution in [-0.4, -0.2) is 28.8 Å². The first-order valence-corrected chi connectivity index (χ1v) is 3.85. The van der Waals surface area contributed by atoms with Gasteiger partial charge >= 0.3 is 12.1 Å². The first-order chi connectivity index (χ1) is 5.77. The van der Waals surface area contributed by atoms with Gasteiger partial charge in [-0.1, -0.05) is 0 Å². The van der Waals surface area contributed by atoms with Gasteiger partial charge in [-0.05, 0) is 19.8 Å². The molecule has 0 amide bonds. The molecule has 1 fully saturated rings. The Hall–Kier alpha value is -0.780. The first-order valence-electron chi connectivity index (χ1n) is 3.85. The summed E-state index contributed by atoms with van der Waals surface area (Å²) in [7, 11) is 0. The van der Waals surface area contributed by atoms with E-state index >= 15 is 0 Å². The van der Waals surface area contributed by atoms with Gasteiger partial charge in [0.05, 0.1) is 0 Å². The highest BCUT2D eigenvalue weighted by molar-refractivity contribution is 5.79. The second-order valence-electron chi connectivity index (χ2n) is 3.35. The number of rotatable bonds is 3. The van der Waals surface area contributed by atoms with Gasteiger partial charge in [-0.25, -0.2) is 4.79 Å². The zero-order valence-corrected chi connectivity index (χ0v) is 6.98. The zero-order valence-electron chi connectivity index (χ0n) is 6.98. The standard InChI is InChI=1S/C7H10F3NO2/c1-6(5(12)13,7(8,9)10)11-4-2-3-4/h4,11H,2-3H2,1H3,(H,12,13). The molecule has 1 unspecified atom stereocenters. The predicted octanol–water partition coefficient (Wildman–Crippen LogP) is 1.14. The van der Waals surface area contributed by atoms with Crippen molar-refractivity contribution in [3.8, 4) is 0 Å². The minimum Gasteiger partial charge on any atom is -0.480 e. The van der Waals surface area contributed by atoms with E-state index in [9.17, 15) is 18.0 Å². The van der Waals surface area contributed by atoms with E-state index in [1.165, 1.54) is 0 Å². The Morgan fingerprint density at radius 1 is 1.46 bits per heavy atom. The fourth-order valence-electron chi connectivity index (χ4n) is 0.901. The van der Waals surface area contributed by atoms with Crippen molar-refractivity contribution in [1.29, 1.82) is 0 Å². The van der Waals surface area contributed by atoms with Crippen LogP contribution in [-0.2, 0) is 4.79 Å². The molecule has 76 valence electrons. The summed E-state index contributed by atoms with van der Waals surface area (Å²) in [5, 5.41) is 10.5. The quantitative estimate of drug-likeness (QED) is 0.713. The highest BCUT2D eigenvalue weighted by Crippen LogP contribution is 2.34. The lowest BCUT2D eigenvalue weighted by Crippen LogP contribution is -2.60. The molecule has 0 spiro atoms. The summed E-state index contributed by atoms with van der Waals surface area (Å²) >= 11 is 0. The summed E-state index contributed by atoms with van der Waals surface area (Å²) in [6, 6.07) is -0.303. The van der Waals surface area contributed by atoms with Crippen molar-refractivity contribution < 1.29 is 23.1 Å². The highest BCUT2D eigenvalue weighted by Gasteiger charge is 2.58. The molecule has 1 saturated carbocycles. The monoisotopic (exact) mass is 197 g/mol. The molecular weight excluding hydrogens is 187 g/mol. The van der Waals surface area contributed by atoms with Crippen LogP contribution < -0.4 is 5.32 Å². The van der Waals surface area contributed by atoms with Crippen LogP contribution in [0, 0.1) is 0 Å². The van der Waals surface area contributed by atoms with Gasteiger partial charge in [0.25, 0.3) is 0 Å². The Kier molecular flexibility index (Phi) is 2.27. The van der Waals surface area contributed by atoms with Crippen molar-refractivity contribution in [2.45, 2.75) is 37.5 Å². The van der Waals surface area contributed by atoms with Crippen LogP contribution in [0.4, 0.5) is 13.2 Å². The van der Waals surface area contributed by atoms with Crippen molar-refractivity contribution in [3.05, 3.63) is 0 Å². The topological polar surface area (TPSA) is 49.3 Å². The van der Waals surface area contributed by atoms with Gasteiger partial charge in [0.2, 0.25) is 5.54 Å². The Morgan fingerprint density at radius 3 is 2.15 bits per heavy atom. The third-order valence-corrected chi connectivity index (χ3v) is 2.06. The third kappa shape index (κ3) is 1.93. The number of halogens is 3. The number of carboxylic acids is 1. The average molecular weight is 197 g/mol. The molecule has 0 aromatic carbocycles. The van der Waals surface area contributed by atoms with Crippen LogP contribution >= 0.6 is 0 Å². The molecule has 0 aromatic heterocycles. The molecule has 1 aliphatic carbocycles. The molecule has 1 rings (SSSR count). The summed E-state index contributed by atoms with van der Waals surface area (Å²) in [5.41, 5.74) is -2.81. The molecule has 0 saturated heterocycles. The van der Waals surface area contributed by atoms with Crippen LogP contribution in [0.3, 0.4) is 0 Å². The lowest BCUT2D eigenvalue weighted by atomic mass is 10.0. The lowest BCUT2D eigenvalue weighted by molar-refractivity contribution is -0.206. The second-order valence-corrected chi connectivity index (χ2v) is 3.35. The largest absolute Gasteiger partial charge is 0.480 e. The lowest BCUT2D eigenvalue weighted by Gasteiger charge is -2.28. The van der Waals surface area contributed by atoms with Crippen molar-refractivity contribution >= 4 is 5.97 Å². The maximum Gasteiger partial charge on any atom is 0.417 e. The van der Waals surface area contributed by atoms with Crippen molar-refractivity contribution in [3.63, 3.8) is 0 Å². The Balaban J connectivity index is 2.78. The molecule has 1 atom stereocenters. The predicted molar refractivity (Wildman–Crippen MR) is 38.3 cm³/mol. The molecule has 1 aliphatic rings. The van der Waals surface area contributed by atoms with Gasteiger partial charge in [0.15, 0.2) is 0 Å². The fraction of sp³-hybridized carbons (Fsp3) is 0.857. The van der Waals surface area contributed by atoms with Gasteiger partial charge in [0, 0.05) is 6.04 Å². The van der Waals surface area contributed by atoms with Gasteiger partial charge < -0.3 is 5.11 Å². The van der Waals surface area contributed by atoms with E-state index in [0.29, 0.717) is 19.8 Å². The van der Waals surface area contributed by atoms with Crippen LogP contribution in [0.15, 0.2) is 0 Å². The highest BCUT2D eigenvalue weighted by atomic mass is 19.4. The summed E-state index contributed by atoms with van der Waals surface area (Å²) in [4.78, 5) is 10.4. The van der Waals surface area contributed by atoms with E-state index in [2.05, 4.69) is 5.32 Å². The van der Waals surface area contributed by atoms with Crippen LogP contribution in [0.5, 0.6) is 0 Å². The molecule has 2 N–H and O–H groups in total. The number of hydrogen-bond donors (Lipinski definition) is 2. The van der Waals surface area contributed by atoms with Gasteiger partial charge in [-0.15, -0.1) is 0 Å².